The molecule has 0 aliphatic rings. The molecule has 2 rings (SSSR count). The zero-order valence-corrected chi connectivity index (χ0v) is 14.4. The number of para-hydroxylation sites is 1. The number of anilines is 3. The van der Waals surface area contributed by atoms with Crippen molar-refractivity contribution in [1.29, 1.82) is 0 Å². The van der Waals surface area contributed by atoms with Gasteiger partial charge in [-0.05, 0) is 50.8 Å². The number of nitrogens with zero attached hydrogens (tertiary/aromatic N) is 2. The smallest absolute Gasteiger partial charge is 0.225 e. The van der Waals surface area contributed by atoms with Crippen molar-refractivity contribution in [2.75, 3.05) is 10.6 Å². The number of nitrogens with one attached hydrogen (secondary N) is 2. The maximum absolute atomic E-state index is 4.56. The van der Waals surface area contributed by atoms with Crippen LogP contribution in [0.15, 0.2) is 30.5 Å². The lowest BCUT2D eigenvalue weighted by Gasteiger charge is -2.21. The Labute approximate surface area is 133 Å². The summed E-state index contributed by atoms with van der Waals surface area (Å²) in [7, 11) is 0. The summed E-state index contributed by atoms with van der Waals surface area (Å²) in [5.41, 5.74) is 3.58. The Morgan fingerprint density at radius 1 is 1.09 bits per heavy atom. The summed E-state index contributed by atoms with van der Waals surface area (Å²) < 4.78 is 0. The maximum atomic E-state index is 4.56. The summed E-state index contributed by atoms with van der Waals surface area (Å²) in [4.78, 5) is 8.85. The van der Waals surface area contributed by atoms with Gasteiger partial charge >= 0.3 is 0 Å². The van der Waals surface area contributed by atoms with Crippen molar-refractivity contribution < 1.29 is 0 Å². The Morgan fingerprint density at radius 3 is 2.45 bits per heavy atom. The largest absolute Gasteiger partial charge is 0.350 e. The summed E-state index contributed by atoms with van der Waals surface area (Å²) >= 11 is 0. The molecule has 1 aromatic heterocycles. The topological polar surface area (TPSA) is 49.8 Å². The molecule has 4 heteroatoms. The molecule has 1 heterocycles. The SMILES string of the molecule is Cc1cccc(C(C)C)c1Nc1ccnc(NC(C)(C)C)n1. The Morgan fingerprint density at radius 2 is 1.82 bits per heavy atom. The minimum atomic E-state index is -0.0651. The predicted octanol–water partition coefficient (Wildman–Crippen LogP) is 4.86. The monoisotopic (exact) mass is 298 g/mol. The number of benzene rings is 1. The minimum Gasteiger partial charge on any atom is -0.350 e. The highest BCUT2D eigenvalue weighted by Crippen LogP contribution is 2.29. The molecule has 4 nitrogen and oxygen atoms in total. The van der Waals surface area contributed by atoms with Crippen LogP contribution in [0.2, 0.25) is 0 Å². The summed E-state index contributed by atoms with van der Waals surface area (Å²) in [5, 5.41) is 6.75. The van der Waals surface area contributed by atoms with Crippen molar-refractivity contribution in [3.05, 3.63) is 41.6 Å². The summed E-state index contributed by atoms with van der Waals surface area (Å²) in [5.74, 6) is 1.89. The molecular formula is C18H26N4. The average molecular weight is 298 g/mol. The van der Waals surface area contributed by atoms with Gasteiger partial charge in [-0.1, -0.05) is 32.0 Å². The Bertz CT molecular complexity index is 642. The molecule has 0 atom stereocenters. The van der Waals surface area contributed by atoms with Crippen LogP contribution in [0.25, 0.3) is 0 Å². The van der Waals surface area contributed by atoms with Gasteiger partial charge in [0.15, 0.2) is 0 Å². The highest BCUT2D eigenvalue weighted by Gasteiger charge is 2.13. The number of aryl methyl sites for hydroxylation is 1. The summed E-state index contributed by atoms with van der Waals surface area (Å²) in [6.45, 7) is 12.8. The van der Waals surface area contributed by atoms with E-state index in [1.165, 1.54) is 11.1 Å². The van der Waals surface area contributed by atoms with Crippen LogP contribution in [-0.4, -0.2) is 15.5 Å². The van der Waals surface area contributed by atoms with Crippen LogP contribution in [0.1, 0.15) is 51.7 Å². The highest BCUT2D eigenvalue weighted by atomic mass is 15.2. The van der Waals surface area contributed by atoms with E-state index in [1.807, 2.05) is 6.07 Å². The van der Waals surface area contributed by atoms with E-state index in [1.54, 1.807) is 6.20 Å². The molecule has 1 aromatic carbocycles. The van der Waals surface area contributed by atoms with Gasteiger partial charge in [0.25, 0.3) is 0 Å². The molecule has 2 N–H and O–H groups in total. The van der Waals surface area contributed by atoms with Gasteiger partial charge in [-0.15, -0.1) is 0 Å². The van der Waals surface area contributed by atoms with E-state index in [2.05, 4.69) is 80.3 Å². The summed E-state index contributed by atoms with van der Waals surface area (Å²) in [6, 6.07) is 8.27. The van der Waals surface area contributed by atoms with Gasteiger partial charge in [-0.3, -0.25) is 0 Å². The molecule has 0 aliphatic heterocycles. The molecule has 0 saturated heterocycles. The lowest BCUT2D eigenvalue weighted by molar-refractivity contribution is 0.626. The Balaban J connectivity index is 2.30. The molecule has 0 unspecified atom stereocenters. The van der Waals surface area contributed by atoms with Crippen molar-refractivity contribution in [3.8, 4) is 0 Å². The van der Waals surface area contributed by atoms with Crippen LogP contribution in [0.4, 0.5) is 17.5 Å². The van der Waals surface area contributed by atoms with E-state index >= 15 is 0 Å². The predicted molar refractivity (Wildman–Crippen MR) is 94.0 cm³/mol. The molecule has 0 amide bonds. The second-order valence-electron chi connectivity index (χ2n) is 6.96. The summed E-state index contributed by atoms with van der Waals surface area (Å²) in [6.07, 6.45) is 1.77. The van der Waals surface area contributed by atoms with Gasteiger partial charge < -0.3 is 10.6 Å². The Kier molecular flexibility index (Phi) is 4.69. The van der Waals surface area contributed by atoms with E-state index in [0.717, 1.165) is 11.5 Å². The fraction of sp³-hybridized carbons (Fsp3) is 0.444. The lowest BCUT2D eigenvalue weighted by atomic mass is 9.98. The van der Waals surface area contributed by atoms with E-state index in [9.17, 15) is 0 Å². The van der Waals surface area contributed by atoms with Crippen molar-refractivity contribution in [2.24, 2.45) is 0 Å². The zero-order chi connectivity index (χ0) is 16.3. The first-order valence-electron chi connectivity index (χ1n) is 7.74. The fourth-order valence-electron chi connectivity index (χ4n) is 2.29. The first-order valence-corrected chi connectivity index (χ1v) is 7.74. The van der Waals surface area contributed by atoms with Gasteiger partial charge in [-0.25, -0.2) is 4.98 Å². The molecule has 22 heavy (non-hydrogen) atoms. The van der Waals surface area contributed by atoms with E-state index in [4.69, 9.17) is 0 Å². The zero-order valence-electron chi connectivity index (χ0n) is 14.4. The van der Waals surface area contributed by atoms with E-state index in [-0.39, 0.29) is 5.54 Å². The molecule has 0 fully saturated rings. The molecule has 0 saturated carbocycles. The van der Waals surface area contributed by atoms with Crippen molar-refractivity contribution in [2.45, 2.75) is 53.0 Å². The second-order valence-corrected chi connectivity index (χ2v) is 6.96. The molecular weight excluding hydrogens is 272 g/mol. The average Bonchev–Trinajstić information content (AvgIpc) is 2.39. The number of rotatable bonds is 4. The van der Waals surface area contributed by atoms with Crippen LogP contribution >= 0.6 is 0 Å². The minimum absolute atomic E-state index is 0.0651. The fourth-order valence-corrected chi connectivity index (χ4v) is 2.29. The lowest BCUT2D eigenvalue weighted by Crippen LogP contribution is -2.27. The number of hydrogen-bond donors (Lipinski definition) is 2. The first-order chi connectivity index (χ1) is 10.3. The van der Waals surface area contributed by atoms with Gasteiger partial charge in [0.2, 0.25) is 5.95 Å². The van der Waals surface area contributed by atoms with Crippen molar-refractivity contribution in [3.63, 3.8) is 0 Å². The van der Waals surface area contributed by atoms with E-state index in [0.29, 0.717) is 11.9 Å². The van der Waals surface area contributed by atoms with Crippen LogP contribution < -0.4 is 10.6 Å². The highest BCUT2D eigenvalue weighted by molar-refractivity contribution is 5.65. The molecule has 0 radical (unpaired) electrons. The molecule has 0 bridgehead atoms. The van der Waals surface area contributed by atoms with Crippen LogP contribution in [0.3, 0.4) is 0 Å². The van der Waals surface area contributed by atoms with Crippen molar-refractivity contribution in [1.82, 2.24) is 9.97 Å². The standard InChI is InChI=1S/C18H26N4/c1-12(2)14-9-7-8-13(3)16(14)20-15-10-11-19-17(21-15)22-18(4,5)6/h7-12H,1-6H3,(H2,19,20,21,22). The number of aromatic nitrogens is 2. The normalized spacial score (nSPS) is 11.6. The quantitative estimate of drug-likeness (QED) is 0.846. The van der Waals surface area contributed by atoms with Crippen LogP contribution in [-0.2, 0) is 0 Å². The third-order valence-corrected chi connectivity index (χ3v) is 3.32. The van der Waals surface area contributed by atoms with Crippen molar-refractivity contribution >= 4 is 17.5 Å². The first kappa shape index (κ1) is 16.3. The molecule has 2 aromatic rings. The molecule has 118 valence electrons. The third kappa shape index (κ3) is 4.20. The van der Waals surface area contributed by atoms with Crippen LogP contribution in [0.5, 0.6) is 0 Å². The maximum Gasteiger partial charge on any atom is 0.225 e. The number of hydrogen-bond acceptors (Lipinski definition) is 4. The van der Waals surface area contributed by atoms with Gasteiger partial charge in [0.1, 0.15) is 5.82 Å². The Hall–Kier alpha value is -2.10. The van der Waals surface area contributed by atoms with Gasteiger partial charge in [0, 0.05) is 17.4 Å². The molecule has 0 aliphatic carbocycles. The van der Waals surface area contributed by atoms with Gasteiger partial charge in [-0.2, -0.15) is 4.98 Å². The molecule has 0 spiro atoms. The second kappa shape index (κ2) is 6.34. The van der Waals surface area contributed by atoms with Gasteiger partial charge in [0.05, 0.1) is 0 Å². The third-order valence-electron chi connectivity index (χ3n) is 3.32. The van der Waals surface area contributed by atoms with E-state index < -0.39 is 0 Å². The van der Waals surface area contributed by atoms with Crippen LogP contribution in [0, 0.1) is 6.92 Å².